The molecule has 0 aromatic heterocycles. The Hall–Kier alpha value is -4.96. The summed E-state index contributed by atoms with van der Waals surface area (Å²) < 4.78 is 10.7. The van der Waals surface area contributed by atoms with Gasteiger partial charge in [-0.1, -0.05) is 99.3 Å². The highest BCUT2D eigenvalue weighted by molar-refractivity contribution is 5.89. The molecule has 1 aliphatic heterocycles. The van der Waals surface area contributed by atoms with Gasteiger partial charge in [0.1, 0.15) is 11.1 Å². The number of hydrogen-bond acceptors (Lipinski definition) is 7. The van der Waals surface area contributed by atoms with Gasteiger partial charge in [0.25, 0.3) is 5.91 Å². The molecule has 2 N–H and O–H groups in total. The maximum atomic E-state index is 14.0. The summed E-state index contributed by atoms with van der Waals surface area (Å²) in [6.45, 7) is 24.1. The van der Waals surface area contributed by atoms with E-state index in [1.807, 2.05) is 67.8 Å². The zero-order valence-corrected chi connectivity index (χ0v) is 35.4. The summed E-state index contributed by atoms with van der Waals surface area (Å²) in [5, 5.41) is 5.44. The monoisotopic (exact) mass is 770 g/mol. The SMILES string of the molecule is C=CN(/C=C(\C)NC(=O)CCOCc1ccccc1)C(C)(C(=O)N1CCCC1)c1ccc(C2C=CC=CC2)cc1.CC.CC(=O)C(C)(C)NC(=O)OC(C)(C)C. The van der Waals surface area contributed by atoms with Crippen LogP contribution in [0, 0.1) is 0 Å². The first-order chi connectivity index (χ1) is 26.5. The van der Waals surface area contributed by atoms with Crippen molar-refractivity contribution in [2.45, 2.75) is 124 Å². The number of nitrogens with zero attached hydrogens (tertiary/aromatic N) is 2. The molecule has 0 radical (unpaired) electrons. The van der Waals surface area contributed by atoms with Crippen molar-refractivity contribution in [3.8, 4) is 0 Å². The van der Waals surface area contributed by atoms with Crippen LogP contribution in [0.2, 0.25) is 0 Å². The first kappa shape index (κ1) is 47.2. The van der Waals surface area contributed by atoms with E-state index in [1.54, 1.807) is 47.0 Å². The van der Waals surface area contributed by atoms with Crippen molar-refractivity contribution in [1.29, 1.82) is 0 Å². The fraction of sp³-hybridized carbons (Fsp3) is 0.478. The van der Waals surface area contributed by atoms with Gasteiger partial charge in [0.15, 0.2) is 5.78 Å². The molecular weight excluding hydrogens is 705 g/mol. The molecule has 0 saturated carbocycles. The average Bonchev–Trinajstić information content (AvgIpc) is 3.71. The Morgan fingerprint density at radius 3 is 2.07 bits per heavy atom. The third-order valence-electron chi connectivity index (χ3n) is 9.35. The highest BCUT2D eigenvalue weighted by Crippen LogP contribution is 2.35. The lowest BCUT2D eigenvalue weighted by Gasteiger charge is -2.40. The number of carbonyl (C=O) groups excluding carboxylic acids is 4. The van der Waals surface area contributed by atoms with E-state index < -0.39 is 22.8 Å². The Bertz CT molecular complexity index is 1670. The van der Waals surface area contributed by atoms with Gasteiger partial charge in [-0.15, -0.1) is 0 Å². The molecule has 306 valence electrons. The number of amides is 3. The van der Waals surface area contributed by atoms with Gasteiger partial charge in [-0.3, -0.25) is 14.4 Å². The van der Waals surface area contributed by atoms with Crippen LogP contribution in [0.5, 0.6) is 0 Å². The summed E-state index contributed by atoms with van der Waals surface area (Å²) in [5.41, 5.74) is 1.37. The maximum Gasteiger partial charge on any atom is 0.408 e. The third-order valence-corrected chi connectivity index (χ3v) is 9.35. The number of alkyl carbamates (subject to hydrolysis) is 1. The van der Waals surface area contributed by atoms with Crippen molar-refractivity contribution in [3.05, 3.63) is 120 Å². The van der Waals surface area contributed by atoms with Crippen LogP contribution in [0.1, 0.15) is 118 Å². The first-order valence-corrected chi connectivity index (χ1v) is 19.7. The van der Waals surface area contributed by atoms with E-state index in [9.17, 15) is 19.2 Å². The predicted octanol–water partition coefficient (Wildman–Crippen LogP) is 9.06. The number of ether oxygens (including phenoxy) is 2. The molecule has 1 heterocycles. The lowest BCUT2D eigenvalue weighted by atomic mass is 9.85. The summed E-state index contributed by atoms with van der Waals surface area (Å²) in [4.78, 5) is 52.8. The number of rotatable bonds is 14. The zero-order valence-electron chi connectivity index (χ0n) is 35.4. The molecule has 0 bridgehead atoms. The lowest BCUT2D eigenvalue weighted by molar-refractivity contribution is -0.140. The number of carbonyl (C=O) groups is 4. The fourth-order valence-electron chi connectivity index (χ4n) is 5.96. The smallest absolute Gasteiger partial charge is 0.408 e. The van der Waals surface area contributed by atoms with E-state index in [0.717, 1.165) is 43.5 Å². The van der Waals surface area contributed by atoms with Crippen LogP contribution in [0.15, 0.2) is 104 Å². The molecule has 56 heavy (non-hydrogen) atoms. The van der Waals surface area contributed by atoms with Gasteiger partial charge < -0.3 is 29.9 Å². The average molecular weight is 771 g/mol. The molecule has 2 aromatic rings. The van der Waals surface area contributed by atoms with Crippen LogP contribution in [-0.4, -0.2) is 64.3 Å². The number of hydrogen-bond donors (Lipinski definition) is 2. The maximum absolute atomic E-state index is 14.0. The third kappa shape index (κ3) is 14.9. The first-order valence-electron chi connectivity index (χ1n) is 19.7. The van der Waals surface area contributed by atoms with E-state index in [0.29, 0.717) is 24.8 Å². The molecule has 1 fully saturated rings. The van der Waals surface area contributed by atoms with E-state index >= 15 is 0 Å². The van der Waals surface area contributed by atoms with Crippen LogP contribution in [-0.2, 0) is 36.0 Å². The molecule has 3 amide bonds. The van der Waals surface area contributed by atoms with Crippen LogP contribution in [0.4, 0.5) is 4.79 Å². The minimum absolute atomic E-state index is 0.0304. The topological polar surface area (TPSA) is 117 Å². The number of benzene rings is 2. The van der Waals surface area contributed by atoms with Gasteiger partial charge in [0.05, 0.1) is 25.2 Å². The van der Waals surface area contributed by atoms with Gasteiger partial charge in [0.2, 0.25) is 5.91 Å². The summed E-state index contributed by atoms with van der Waals surface area (Å²) in [7, 11) is 0. The quantitative estimate of drug-likeness (QED) is 0.184. The van der Waals surface area contributed by atoms with Gasteiger partial charge >= 0.3 is 6.09 Å². The van der Waals surface area contributed by atoms with Crippen molar-refractivity contribution in [3.63, 3.8) is 0 Å². The molecule has 1 aliphatic carbocycles. The van der Waals surface area contributed by atoms with E-state index in [2.05, 4.69) is 65.8 Å². The Morgan fingerprint density at radius 2 is 1.54 bits per heavy atom. The molecule has 2 unspecified atom stereocenters. The molecule has 2 atom stereocenters. The largest absolute Gasteiger partial charge is 0.444 e. The number of allylic oxidation sites excluding steroid dienone is 5. The molecule has 10 heteroatoms. The summed E-state index contributed by atoms with van der Waals surface area (Å²) in [6, 6.07) is 18.2. The Morgan fingerprint density at radius 1 is 0.911 bits per heavy atom. The van der Waals surface area contributed by atoms with Crippen molar-refractivity contribution < 1.29 is 28.7 Å². The Kier molecular flexibility index (Phi) is 19.0. The second-order valence-electron chi connectivity index (χ2n) is 15.4. The normalized spacial score (nSPS) is 16.2. The molecule has 2 aliphatic rings. The lowest BCUT2D eigenvalue weighted by Crippen LogP contribution is -2.51. The predicted molar refractivity (Wildman–Crippen MR) is 225 cm³/mol. The van der Waals surface area contributed by atoms with Gasteiger partial charge in [-0.25, -0.2) is 4.79 Å². The van der Waals surface area contributed by atoms with Crippen molar-refractivity contribution in [2.24, 2.45) is 0 Å². The van der Waals surface area contributed by atoms with Crippen molar-refractivity contribution in [2.75, 3.05) is 19.7 Å². The van der Waals surface area contributed by atoms with Crippen LogP contribution < -0.4 is 10.6 Å². The Labute approximate surface area is 336 Å². The van der Waals surface area contributed by atoms with Gasteiger partial charge in [0, 0.05) is 30.9 Å². The van der Waals surface area contributed by atoms with Gasteiger partial charge in [-0.2, -0.15) is 0 Å². The van der Waals surface area contributed by atoms with Crippen molar-refractivity contribution >= 4 is 23.7 Å². The molecule has 10 nitrogen and oxygen atoms in total. The molecular formula is C46H66N4O6. The van der Waals surface area contributed by atoms with Crippen LogP contribution in [0.25, 0.3) is 0 Å². The Balaban J connectivity index is 0.000000573. The summed E-state index contributed by atoms with van der Waals surface area (Å²) in [5.74, 6) is 0.118. The van der Waals surface area contributed by atoms with Gasteiger partial charge in [-0.05, 0) is 97.5 Å². The molecule has 1 saturated heterocycles. The molecule has 4 rings (SSSR count). The van der Waals surface area contributed by atoms with Crippen molar-refractivity contribution in [1.82, 2.24) is 20.4 Å². The van der Waals surface area contributed by atoms with Crippen LogP contribution >= 0.6 is 0 Å². The number of likely N-dealkylation sites (tertiary alicyclic amines) is 1. The minimum atomic E-state index is -1.02. The zero-order chi connectivity index (χ0) is 41.9. The minimum Gasteiger partial charge on any atom is -0.444 e. The second kappa shape index (κ2) is 22.6. The molecule has 2 aromatic carbocycles. The summed E-state index contributed by atoms with van der Waals surface area (Å²) in [6.07, 6.45) is 14.7. The highest BCUT2D eigenvalue weighted by atomic mass is 16.6. The number of Topliss-reactive ketones (excluding diaryl/α,β-unsaturated/α-hetero) is 1. The molecule has 0 spiro atoms. The van der Waals surface area contributed by atoms with E-state index in [4.69, 9.17) is 9.47 Å². The number of nitrogens with one attached hydrogen (secondary N) is 2. The van der Waals surface area contributed by atoms with E-state index in [1.165, 1.54) is 12.5 Å². The van der Waals surface area contributed by atoms with E-state index in [-0.39, 0.29) is 24.0 Å². The standard InChI is InChI=1S/C34H41N3O3.C10H19NO3.C2H6/c1-4-37(25-27(2)35-32(38)21-24-40-26-28-13-7-5-8-14-28)34(3,33(39)36-22-11-12-23-36)31-19-17-30(18-20-31)29-15-9-6-10-16-29;1-7(12)10(5,6)11-8(13)14-9(2,3)4;1-2/h4-10,13-15,17-20,25,29H,1,11-12,16,21-24,26H2,2-3H3,(H,35,38);1-6H3,(H,11,13);1-2H3/b27-25+;;. The fourth-order valence-corrected chi connectivity index (χ4v) is 5.96. The summed E-state index contributed by atoms with van der Waals surface area (Å²) >= 11 is 0. The highest BCUT2D eigenvalue weighted by Gasteiger charge is 2.43. The van der Waals surface area contributed by atoms with Crippen LogP contribution in [0.3, 0.4) is 0 Å². The second-order valence-corrected chi connectivity index (χ2v) is 15.4. The number of ketones is 1.